The maximum atomic E-state index is 4.90. The third-order valence-electron chi connectivity index (χ3n) is 5.24. The monoisotopic (exact) mass is 353 g/mol. The Hall–Kier alpha value is -2.30. The van der Waals surface area contributed by atoms with Crippen LogP contribution in [0, 0.1) is 12.8 Å². The lowest BCUT2D eigenvalue weighted by Gasteiger charge is -2.39. The molecule has 1 aromatic carbocycles. The molecule has 2 heterocycles. The summed E-state index contributed by atoms with van der Waals surface area (Å²) >= 11 is 0. The normalized spacial score (nSPS) is 21.0. The second-order valence-corrected chi connectivity index (χ2v) is 7.26. The Morgan fingerprint density at radius 2 is 2.12 bits per heavy atom. The van der Waals surface area contributed by atoms with Gasteiger partial charge in [0.1, 0.15) is 0 Å². The Kier molecular flexibility index (Phi) is 6.31. The molecule has 3 rings (SSSR count). The van der Waals surface area contributed by atoms with Crippen LogP contribution < -0.4 is 5.32 Å². The first-order valence-corrected chi connectivity index (χ1v) is 9.73. The fourth-order valence-corrected chi connectivity index (χ4v) is 3.57. The van der Waals surface area contributed by atoms with E-state index in [2.05, 4.69) is 71.0 Å². The highest BCUT2D eigenvalue weighted by Crippen LogP contribution is 2.27. The van der Waals surface area contributed by atoms with Crippen molar-refractivity contribution in [3.63, 3.8) is 0 Å². The summed E-state index contributed by atoms with van der Waals surface area (Å²) in [6, 6.07) is 9.20. The minimum atomic E-state index is 0.451. The van der Waals surface area contributed by atoms with Gasteiger partial charge in [-0.3, -0.25) is 4.99 Å². The topological polar surface area (TPSA) is 45.5 Å². The SMILES string of the molecule is CCNC(=NCCc1ccc(C)cc1)N1CCC(C)C(n2ccnc2)C1. The molecule has 0 aliphatic carbocycles. The summed E-state index contributed by atoms with van der Waals surface area (Å²) in [6.07, 6.45) is 8.03. The lowest BCUT2D eigenvalue weighted by molar-refractivity contribution is 0.189. The van der Waals surface area contributed by atoms with Gasteiger partial charge in [0, 0.05) is 38.6 Å². The van der Waals surface area contributed by atoms with Crippen molar-refractivity contribution in [2.75, 3.05) is 26.2 Å². The number of piperidine rings is 1. The first kappa shape index (κ1) is 18.5. The van der Waals surface area contributed by atoms with Crippen LogP contribution in [0.5, 0.6) is 0 Å². The molecule has 1 aliphatic heterocycles. The van der Waals surface area contributed by atoms with Gasteiger partial charge < -0.3 is 14.8 Å². The highest BCUT2D eigenvalue weighted by Gasteiger charge is 2.28. The number of likely N-dealkylation sites (tertiary alicyclic amines) is 1. The Balaban J connectivity index is 1.65. The van der Waals surface area contributed by atoms with E-state index >= 15 is 0 Å². The smallest absolute Gasteiger partial charge is 0.193 e. The van der Waals surface area contributed by atoms with Gasteiger partial charge in [0.2, 0.25) is 0 Å². The van der Waals surface area contributed by atoms with Crippen molar-refractivity contribution >= 4 is 5.96 Å². The van der Waals surface area contributed by atoms with Crippen LogP contribution in [0.25, 0.3) is 0 Å². The molecule has 1 fully saturated rings. The number of guanidine groups is 1. The van der Waals surface area contributed by atoms with E-state index in [4.69, 9.17) is 4.99 Å². The number of aliphatic imine (C=N–C) groups is 1. The molecular weight excluding hydrogens is 322 g/mol. The van der Waals surface area contributed by atoms with Gasteiger partial charge in [-0.2, -0.15) is 0 Å². The zero-order chi connectivity index (χ0) is 18.4. The van der Waals surface area contributed by atoms with E-state index in [9.17, 15) is 0 Å². The lowest BCUT2D eigenvalue weighted by atomic mass is 9.93. The van der Waals surface area contributed by atoms with E-state index in [0.717, 1.165) is 38.6 Å². The zero-order valence-corrected chi connectivity index (χ0v) is 16.2. The van der Waals surface area contributed by atoms with Crippen LogP contribution in [-0.2, 0) is 6.42 Å². The Bertz CT molecular complexity index is 690. The van der Waals surface area contributed by atoms with Crippen LogP contribution in [0.4, 0.5) is 0 Å². The second-order valence-electron chi connectivity index (χ2n) is 7.26. The van der Waals surface area contributed by atoms with E-state index < -0.39 is 0 Å². The number of benzene rings is 1. The molecule has 1 N–H and O–H groups in total. The first-order chi connectivity index (χ1) is 12.7. The number of hydrogen-bond acceptors (Lipinski definition) is 2. The lowest BCUT2D eigenvalue weighted by Crippen LogP contribution is -2.49. The number of aryl methyl sites for hydroxylation is 1. The van der Waals surface area contributed by atoms with Gasteiger partial charge >= 0.3 is 0 Å². The van der Waals surface area contributed by atoms with Crippen molar-refractivity contribution in [1.29, 1.82) is 0 Å². The molecule has 0 bridgehead atoms. The fraction of sp³-hybridized carbons (Fsp3) is 0.524. The molecule has 140 valence electrons. The minimum absolute atomic E-state index is 0.451. The summed E-state index contributed by atoms with van der Waals surface area (Å²) in [5, 5.41) is 3.48. The molecule has 0 amide bonds. The number of hydrogen-bond donors (Lipinski definition) is 1. The summed E-state index contributed by atoms with van der Waals surface area (Å²) in [6.45, 7) is 10.3. The molecule has 1 aliphatic rings. The average molecular weight is 354 g/mol. The molecule has 1 aromatic heterocycles. The fourth-order valence-electron chi connectivity index (χ4n) is 3.57. The highest BCUT2D eigenvalue weighted by molar-refractivity contribution is 5.80. The summed E-state index contributed by atoms with van der Waals surface area (Å²) in [4.78, 5) is 11.5. The van der Waals surface area contributed by atoms with Crippen LogP contribution in [-0.4, -0.2) is 46.6 Å². The number of rotatable bonds is 5. The van der Waals surface area contributed by atoms with E-state index in [0.29, 0.717) is 12.0 Å². The number of imidazole rings is 1. The molecule has 2 atom stereocenters. The largest absolute Gasteiger partial charge is 0.357 e. The quantitative estimate of drug-likeness (QED) is 0.663. The van der Waals surface area contributed by atoms with Crippen LogP contribution in [0.2, 0.25) is 0 Å². The van der Waals surface area contributed by atoms with Crippen LogP contribution in [0.3, 0.4) is 0 Å². The van der Waals surface area contributed by atoms with Crippen molar-refractivity contribution < 1.29 is 0 Å². The summed E-state index contributed by atoms with van der Waals surface area (Å²) in [5.74, 6) is 1.69. The molecule has 1 saturated heterocycles. The first-order valence-electron chi connectivity index (χ1n) is 9.73. The summed E-state index contributed by atoms with van der Waals surface area (Å²) in [7, 11) is 0. The average Bonchev–Trinajstić information content (AvgIpc) is 3.17. The van der Waals surface area contributed by atoms with E-state index in [1.807, 2.05) is 12.5 Å². The van der Waals surface area contributed by atoms with Crippen LogP contribution in [0.15, 0.2) is 48.0 Å². The number of nitrogens with zero attached hydrogens (tertiary/aromatic N) is 4. The van der Waals surface area contributed by atoms with E-state index in [1.54, 1.807) is 0 Å². The van der Waals surface area contributed by atoms with Gasteiger partial charge in [-0.1, -0.05) is 36.8 Å². The molecule has 5 nitrogen and oxygen atoms in total. The highest BCUT2D eigenvalue weighted by atomic mass is 15.3. The standard InChI is InChI=1S/C21H31N5/c1-4-23-21(24-11-9-19-7-5-17(2)6-8-19)25-13-10-18(3)20(15-25)26-14-12-22-16-26/h5-8,12,14,16,18,20H,4,9-11,13,15H2,1-3H3,(H,23,24). The third kappa shape index (κ3) is 4.65. The Labute approximate surface area is 157 Å². The Morgan fingerprint density at radius 1 is 1.31 bits per heavy atom. The maximum absolute atomic E-state index is 4.90. The molecular formula is C21H31N5. The Morgan fingerprint density at radius 3 is 2.81 bits per heavy atom. The van der Waals surface area contributed by atoms with E-state index in [-0.39, 0.29) is 0 Å². The molecule has 5 heteroatoms. The van der Waals surface area contributed by atoms with Crippen LogP contribution in [0.1, 0.15) is 37.4 Å². The molecule has 0 radical (unpaired) electrons. The van der Waals surface area contributed by atoms with Crippen molar-refractivity contribution in [2.24, 2.45) is 10.9 Å². The van der Waals surface area contributed by atoms with Gasteiger partial charge in [0.15, 0.2) is 5.96 Å². The van der Waals surface area contributed by atoms with Gasteiger partial charge in [-0.15, -0.1) is 0 Å². The molecule has 2 aromatic rings. The van der Waals surface area contributed by atoms with Crippen molar-refractivity contribution in [3.05, 3.63) is 54.1 Å². The third-order valence-corrected chi connectivity index (χ3v) is 5.24. The molecule has 2 unspecified atom stereocenters. The van der Waals surface area contributed by atoms with Crippen molar-refractivity contribution in [2.45, 2.75) is 39.7 Å². The number of nitrogens with one attached hydrogen (secondary N) is 1. The molecule has 0 saturated carbocycles. The predicted octanol–water partition coefficient (Wildman–Crippen LogP) is 3.28. The number of aromatic nitrogens is 2. The van der Waals surface area contributed by atoms with Gasteiger partial charge in [-0.25, -0.2) is 4.98 Å². The molecule has 26 heavy (non-hydrogen) atoms. The minimum Gasteiger partial charge on any atom is -0.357 e. The van der Waals surface area contributed by atoms with Crippen molar-refractivity contribution in [1.82, 2.24) is 19.8 Å². The summed E-state index contributed by atoms with van der Waals surface area (Å²) in [5.41, 5.74) is 2.65. The van der Waals surface area contributed by atoms with Crippen molar-refractivity contribution in [3.8, 4) is 0 Å². The molecule has 0 spiro atoms. The van der Waals surface area contributed by atoms with Gasteiger partial charge in [0.05, 0.1) is 12.4 Å². The predicted molar refractivity (Wildman–Crippen MR) is 107 cm³/mol. The second kappa shape index (κ2) is 8.88. The summed E-state index contributed by atoms with van der Waals surface area (Å²) < 4.78 is 2.24. The maximum Gasteiger partial charge on any atom is 0.193 e. The van der Waals surface area contributed by atoms with E-state index in [1.165, 1.54) is 17.5 Å². The van der Waals surface area contributed by atoms with Gasteiger partial charge in [-0.05, 0) is 38.2 Å². The van der Waals surface area contributed by atoms with Crippen LogP contribution >= 0.6 is 0 Å². The zero-order valence-electron chi connectivity index (χ0n) is 16.2. The van der Waals surface area contributed by atoms with Gasteiger partial charge in [0.25, 0.3) is 0 Å².